The first kappa shape index (κ1) is 9.03. The van der Waals surface area contributed by atoms with E-state index in [1.807, 2.05) is 18.2 Å². The van der Waals surface area contributed by atoms with Crippen molar-refractivity contribution in [3.63, 3.8) is 0 Å². The first-order valence-corrected chi connectivity index (χ1v) is 4.01. The lowest BCUT2D eigenvalue weighted by Crippen LogP contribution is -2.10. The van der Waals surface area contributed by atoms with Gasteiger partial charge in [-0.25, -0.2) is 0 Å². The highest BCUT2D eigenvalue weighted by Gasteiger charge is 2.03. The Morgan fingerprint density at radius 2 is 2.25 bits per heavy atom. The number of nitrogens with two attached hydrogens (primary N) is 1. The Morgan fingerprint density at radius 1 is 1.50 bits per heavy atom. The lowest BCUT2D eigenvalue weighted by atomic mass is 10.0. The second-order valence-corrected chi connectivity index (χ2v) is 2.60. The molecule has 3 heteroatoms. The van der Waals surface area contributed by atoms with E-state index in [9.17, 15) is 0 Å². The topological polar surface area (TPSA) is 58.3 Å². The number of aliphatic hydroxyl groups excluding tert-OH is 1. The van der Waals surface area contributed by atoms with E-state index in [-0.39, 0.29) is 6.61 Å². The lowest BCUT2D eigenvalue weighted by molar-refractivity contribution is 0.281. The molecule has 0 aliphatic carbocycles. The van der Waals surface area contributed by atoms with Gasteiger partial charge in [0.25, 0.3) is 0 Å². The number of anilines is 1. The molecule has 1 aromatic rings. The van der Waals surface area contributed by atoms with Crippen molar-refractivity contribution in [2.75, 3.05) is 5.43 Å². The summed E-state index contributed by atoms with van der Waals surface area (Å²) in [6.45, 7) is 2.08. The molecule has 0 radical (unpaired) electrons. The summed E-state index contributed by atoms with van der Waals surface area (Å²) in [7, 11) is 0. The number of hydrogen-bond donors (Lipinski definition) is 3. The molecule has 1 rings (SSSR count). The van der Waals surface area contributed by atoms with Crippen LogP contribution >= 0.6 is 0 Å². The van der Waals surface area contributed by atoms with Crippen LogP contribution in [0.4, 0.5) is 5.69 Å². The van der Waals surface area contributed by atoms with E-state index in [0.29, 0.717) is 0 Å². The van der Waals surface area contributed by atoms with Gasteiger partial charge in [0, 0.05) is 5.56 Å². The first-order chi connectivity index (χ1) is 5.83. The van der Waals surface area contributed by atoms with Gasteiger partial charge >= 0.3 is 0 Å². The molecule has 1 aromatic carbocycles. The van der Waals surface area contributed by atoms with Gasteiger partial charge in [-0.15, -0.1) is 0 Å². The summed E-state index contributed by atoms with van der Waals surface area (Å²) in [5.74, 6) is 5.29. The highest BCUT2D eigenvalue weighted by molar-refractivity contribution is 5.53. The van der Waals surface area contributed by atoms with Crippen LogP contribution in [-0.4, -0.2) is 5.11 Å². The summed E-state index contributed by atoms with van der Waals surface area (Å²) < 4.78 is 0. The van der Waals surface area contributed by atoms with Crippen LogP contribution < -0.4 is 11.3 Å². The number of benzene rings is 1. The van der Waals surface area contributed by atoms with Gasteiger partial charge in [0.05, 0.1) is 12.3 Å². The maximum Gasteiger partial charge on any atom is 0.0705 e. The van der Waals surface area contributed by atoms with Crippen molar-refractivity contribution in [3.8, 4) is 0 Å². The molecule has 0 unspecified atom stereocenters. The molecular weight excluding hydrogens is 152 g/mol. The van der Waals surface area contributed by atoms with Crippen LogP contribution in [0.15, 0.2) is 18.2 Å². The second-order valence-electron chi connectivity index (χ2n) is 2.60. The molecule has 0 bridgehead atoms. The van der Waals surface area contributed by atoms with Gasteiger partial charge < -0.3 is 10.5 Å². The Kier molecular flexibility index (Phi) is 3.08. The zero-order valence-corrected chi connectivity index (χ0v) is 7.17. The molecule has 0 aliphatic heterocycles. The second kappa shape index (κ2) is 4.09. The molecule has 0 fully saturated rings. The smallest absolute Gasteiger partial charge is 0.0705 e. The van der Waals surface area contributed by atoms with Crippen LogP contribution in [0.3, 0.4) is 0 Å². The fourth-order valence-electron chi connectivity index (χ4n) is 1.29. The van der Waals surface area contributed by atoms with E-state index in [4.69, 9.17) is 10.9 Å². The minimum absolute atomic E-state index is 0.0313. The maximum absolute atomic E-state index is 9.07. The van der Waals surface area contributed by atoms with E-state index in [0.717, 1.165) is 23.2 Å². The molecule has 0 amide bonds. The highest BCUT2D eigenvalue weighted by atomic mass is 16.3. The number of nitrogens with one attached hydrogen (secondary N) is 1. The minimum atomic E-state index is 0.0313. The van der Waals surface area contributed by atoms with Gasteiger partial charge in [0.15, 0.2) is 0 Å². The summed E-state index contributed by atoms with van der Waals surface area (Å²) in [6, 6.07) is 5.77. The molecule has 0 atom stereocenters. The third-order valence-electron chi connectivity index (χ3n) is 1.97. The van der Waals surface area contributed by atoms with Crippen molar-refractivity contribution in [2.24, 2.45) is 5.84 Å². The quantitative estimate of drug-likeness (QED) is 0.464. The Morgan fingerprint density at radius 3 is 2.75 bits per heavy atom. The zero-order valence-electron chi connectivity index (χ0n) is 7.17. The molecule has 3 nitrogen and oxygen atoms in total. The average Bonchev–Trinajstić information content (AvgIpc) is 2.16. The van der Waals surface area contributed by atoms with Crippen LogP contribution in [0.5, 0.6) is 0 Å². The number of hydrogen-bond acceptors (Lipinski definition) is 3. The summed E-state index contributed by atoms with van der Waals surface area (Å²) in [5.41, 5.74) is 5.39. The van der Waals surface area contributed by atoms with Crippen LogP contribution in [0.25, 0.3) is 0 Å². The van der Waals surface area contributed by atoms with Gasteiger partial charge in [0.1, 0.15) is 0 Å². The van der Waals surface area contributed by atoms with Crippen LogP contribution in [-0.2, 0) is 13.0 Å². The van der Waals surface area contributed by atoms with Crippen molar-refractivity contribution < 1.29 is 5.11 Å². The van der Waals surface area contributed by atoms with Crippen molar-refractivity contribution in [3.05, 3.63) is 29.3 Å². The van der Waals surface area contributed by atoms with Crippen LogP contribution in [0.2, 0.25) is 0 Å². The maximum atomic E-state index is 9.07. The number of aryl methyl sites for hydroxylation is 1. The molecular formula is C9H14N2O. The van der Waals surface area contributed by atoms with Crippen molar-refractivity contribution in [1.82, 2.24) is 0 Å². The summed E-state index contributed by atoms with van der Waals surface area (Å²) in [4.78, 5) is 0. The molecule has 66 valence electrons. The first-order valence-electron chi connectivity index (χ1n) is 4.01. The van der Waals surface area contributed by atoms with Crippen LogP contribution in [0, 0.1) is 0 Å². The number of rotatable bonds is 3. The van der Waals surface area contributed by atoms with E-state index in [1.54, 1.807) is 0 Å². The Balaban J connectivity index is 3.13. The fourth-order valence-corrected chi connectivity index (χ4v) is 1.29. The lowest BCUT2D eigenvalue weighted by Gasteiger charge is -2.10. The molecule has 0 aliphatic rings. The Labute approximate surface area is 72.2 Å². The molecule has 4 N–H and O–H groups in total. The largest absolute Gasteiger partial charge is 0.392 e. The third kappa shape index (κ3) is 1.57. The number of nitrogen functional groups attached to an aromatic ring is 1. The van der Waals surface area contributed by atoms with Crippen LogP contribution in [0.1, 0.15) is 18.1 Å². The minimum Gasteiger partial charge on any atom is -0.392 e. The molecule has 0 saturated heterocycles. The summed E-state index contributed by atoms with van der Waals surface area (Å²) >= 11 is 0. The predicted octanol–water partition coefficient (Wildman–Crippen LogP) is 1.03. The number of aliphatic hydroxyl groups is 1. The number of hydrazine groups is 1. The van der Waals surface area contributed by atoms with Gasteiger partial charge in [-0.1, -0.05) is 19.1 Å². The normalized spacial score (nSPS) is 9.92. The summed E-state index contributed by atoms with van der Waals surface area (Å²) in [5, 5.41) is 9.07. The third-order valence-corrected chi connectivity index (χ3v) is 1.97. The van der Waals surface area contributed by atoms with Gasteiger partial charge in [-0.05, 0) is 18.1 Å². The molecule has 0 heterocycles. The molecule has 12 heavy (non-hydrogen) atoms. The monoisotopic (exact) mass is 166 g/mol. The highest BCUT2D eigenvalue weighted by Crippen LogP contribution is 2.19. The van der Waals surface area contributed by atoms with Crippen molar-refractivity contribution in [1.29, 1.82) is 0 Å². The van der Waals surface area contributed by atoms with Gasteiger partial charge in [0.2, 0.25) is 0 Å². The predicted molar refractivity (Wildman–Crippen MR) is 49.6 cm³/mol. The van der Waals surface area contributed by atoms with E-state index < -0.39 is 0 Å². The molecule has 0 saturated carbocycles. The van der Waals surface area contributed by atoms with E-state index >= 15 is 0 Å². The average molecular weight is 166 g/mol. The van der Waals surface area contributed by atoms with Crippen molar-refractivity contribution in [2.45, 2.75) is 20.0 Å². The Hall–Kier alpha value is -1.06. The molecule has 0 spiro atoms. The van der Waals surface area contributed by atoms with E-state index in [2.05, 4.69) is 12.3 Å². The van der Waals surface area contributed by atoms with Gasteiger partial charge in [-0.3, -0.25) is 5.84 Å². The standard InChI is InChI=1S/C9H14N2O/c1-2-7-4-3-5-9(11-10)8(7)6-12/h3-5,11-12H,2,6,10H2,1H3. The Bertz CT molecular complexity index is 238. The zero-order chi connectivity index (χ0) is 8.97. The van der Waals surface area contributed by atoms with Gasteiger partial charge in [-0.2, -0.15) is 0 Å². The molecule has 0 aromatic heterocycles. The SMILES string of the molecule is CCc1cccc(NN)c1CO. The van der Waals surface area contributed by atoms with Crippen molar-refractivity contribution >= 4 is 5.69 Å². The van der Waals surface area contributed by atoms with E-state index in [1.165, 1.54) is 0 Å². The summed E-state index contributed by atoms with van der Waals surface area (Å²) in [6.07, 6.45) is 0.908. The fraction of sp³-hybridized carbons (Fsp3) is 0.333.